The van der Waals surface area contributed by atoms with Crippen molar-refractivity contribution in [2.45, 2.75) is 13.0 Å². The van der Waals surface area contributed by atoms with Crippen LogP contribution in [0.25, 0.3) is 21.5 Å². The van der Waals surface area contributed by atoms with Crippen molar-refractivity contribution in [2.24, 2.45) is 0 Å². The Labute approximate surface area is 170 Å². The van der Waals surface area contributed by atoms with Gasteiger partial charge in [-0.15, -0.1) is 11.3 Å². The summed E-state index contributed by atoms with van der Waals surface area (Å²) in [6.45, 7) is 0.304. The van der Waals surface area contributed by atoms with Gasteiger partial charge in [0.05, 0.1) is 25.4 Å². The van der Waals surface area contributed by atoms with E-state index in [-0.39, 0.29) is 12.4 Å². The molecule has 146 valence electrons. The van der Waals surface area contributed by atoms with Gasteiger partial charge in [0, 0.05) is 16.3 Å². The number of fused-ring (bicyclic) bond motifs is 1. The molecule has 4 rings (SSSR count). The second kappa shape index (κ2) is 8.28. The fourth-order valence-corrected chi connectivity index (χ4v) is 3.81. The normalized spacial score (nSPS) is 10.8. The van der Waals surface area contributed by atoms with Gasteiger partial charge in [-0.2, -0.15) is 0 Å². The summed E-state index contributed by atoms with van der Waals surface area (Å²) in [6.07, 6.45) is 2.50. The van der Waals surface area contributed by atoms with E-state index in [0.29, 0.717) is 28.6 Å². The minimum atomic E-state index is -0.321. The summed E-state index contributed by atoms with van der Waals surface area (Å²) in [5.74, 6) is 0.308. The van der Waals surface area contributed by atoms with Gasteiger partial charge < -0.3 is 13.9 Å². The highest BCUT2D eigenvalue weighted by molar-refractivity contribution is 7.13. The summed E-state index contributed by atoms with van der Waals surface area (Å²) >= 11 is 1.39. The molecule has 0 aliphatic rings. The Kier molecular flexibility index (Phi) is 5.39. The molecule has 0 saturated carbocycles. The number of ether oxygens (including phenoxy) is 2. The minimum Gasteiger partial charge on any atom is -0.489 e. The van der Waals surface area contributed by atoms with Crippen LogP contribution in [0.2, 0.25) is 0 Å². The number of thiazole rings is 1. The van der Waals surface area contributed by atoms with E-state index < -0.39 is 0 Å². The molecule has 0 aliphatic carbocycles. The highest BCUT2D eigenvalue weighted by Gasteiger charge is 2.14. The average molecular weight is 407 g/mol. The van der Waals surface area contributed by atoms with Crippen molar-refractivity contribution in [3.63, 3.8) is 0 Å². The van der Waals surface area contributed by atoms with E-state index >= 15 is 0 Å². The molecule has 0 unspecified atom stereocenters. The van der Waals surface area contributed by atoms with Crippen LogP contribution in [-0.4, -0.2) is 24.3 Å². The summed E-state index contributed by atoms with van der Waals surface area (Å²) in [5, 5.41) is 3.34. The maximum absolute atomic E-state index is 11.6. The van der Waals surface area contributed by atoms with Crippen molar-refractivity contribution in [3.8, 4) is 16.3 Å². The van der Waals surface area contributed by atoms with E-state index in [2.05, 4.69) is 4.98 Å². The minimum absolute atomic E-state index is 0.145. The maximum Gasteiger partial charge on any atom is 0.310 e. The Morgan fingerprint density at radius 3 is 2.90 bits per heavy atom. The third-order valence-electron chi connectivity index (χ3n) is 4.41. The molecular formula is C22H17NO5S. The van der Waals surface area contributed by atoms with E-state index in [0.717, 1.165) is 28.4 Å². The quantitative estimate of drug-likeness (QED) is 0.327. The largest absolute Gasteiger partial charge is 0.489 e. The van der Waals surface area contributed by atoms with Crippen molar-refractivity contribution in [3.05, 3.63) is 70.9 Å². The van der Waals surface area contributed by atoms with E-state index in [9.17, 15) is 9.59 Å². The van der Waals surface area contributed by atoms with E-state index in [1.54, 1.807) is 11.6 Å². The molecule has 2 aromatic carbocycles. The second-order valence-corrected chi connectivity index (χ2v) is 7.19. The third kappa shape index (κ3) is 4.05. The zero-order valence-corrected chi connectivity index (χ0v) is 16.4. The zero-order valence-electron chi connectivity index (χ0n) is 15.6. The second-order valence-electron chi connectivity index (χ2n) is 6.33. The maximum atomic E-state index is 11.6. The molecule has 6 nitrogen and oxygen atoms in total. The highest BCUT2D eigenvalue weighted by Crippen LogP contribution is 2.33. The molecule has 0 N–H and O–H groups in total. The topological polar surface area (TPSA) is 78.6 Å². The highest BCUT2D eigenvalue weighted by atomic mass is 32.1. The van der Waals surface area contributed by atoms with Crippen molar-refractivity contribution < 1.29 is 23.5 Å². The van der Waals surface area contributed by atoms with Crippen LogP contribution in [0.4, 0.5) is 0 Å². The number of esters is 1. The lowest BCUT2D eigenvalue weighted by Gasteiger charge is -2.12. The first-order chi connectivity index (χ1) is 14.2. The van der Waals surface area contributed by atoms with E-state index in [4.69, 9.17) is 13.9 Å². The van der Waals surface area contributed by atoms with Gasteiger partial charge in [0.2, 0.25) is 0 Å². The fraction of sp³-hybridized carbons (Fsp3) is 0.136. The number of carbonyl (C=O) groups excluding carboxylic acids is 2. The molecular weight excluding hydrogens is 390 g/mol. The van der Waals surface area contributed by atoms with Crippen molar-refractivity contribution in [1.29, 1.82) is 0 Å². The van der Waals surface area contributed by atoms with E-state index in [1.807, 2.05) is 42.5 Å². The molecule has 29 heavy (non-hydrogen) atoms. The van der Waals surface area contributed by atoms with Crippen molar-refractivity contribution in [2.75, 3.05) is 7.11 Å². The molecule has 4 aromatic rings. The van der Waals surface area contributed by atoms with E-state index in [1.165, 1.54) is 18.4 Å². The molecule has 2 heterocycles. The van der Waals surface area contributed by atoms with Crippen LogP contribution < -0.4 is 4.74 Å². The molecule has 0 radical (unpaired) electrons. The first-order valence-corrected chi connectivity index (χ1v) is 9.74. The van der Waals surface area contributed by atoms with Crippen LogP contribution in [0.5, 0.6) is 5.75 Å². The number of para-hydroxylation sites is 1. The SMILES string of the molecule is COC(=O)Cc1ccccc1OCc1cc(-c2nc(C=O)cs2)c2occc2c1. The molecule has 0 atom stereocenters. The van der Waals surface area contributed by atoms with Gasteiger partial charge >= 0.3 is 5.97 Å². The number of carbonyl (C=O) groups is 2. The number of methoxy groups -OCH3 is 1. The Morgan fingerprint density at radius 1 is 1.24 bits per heavy atom. The summed E-state index contributed by atoms with van der Waals surface area (Å²) in [6, 6.07) is 13.2. The summed E-state index contributed by atoms with van der Waals surface area (Å²) in [7, 11) is 1.36. The smallest absolute Gasteiger partial charge is 0.310 e. The molecule has 0 amide bonds. The van der Waals surface area contributed by atoms with Gasteiger partial charge in [-0.25, -0.2) is 4.98 Å². The first-order valence-electron chi connectivity index (χ1n) is 8.86. The predicted molar refractivity (Wildman–Crippen MR) is 109 cm³/mol. The van der Waals surface area contributed by atoms with Gasteiger partial charge in [0.15, 0.2) is 6.29 Å². The fourth-order valence-electron chi connectivity index (χ4n) is 3.03. The van der Waals surface area contributed by atoms with Gasteiger partial charge in [-0.05, 0) is 29.8 Å². The Hall–Kier alpha value is -3.45. The number of benzene rings is 2. The number of aromatic nitrogens is 1. The van der Waals surface area contributed by atoms with Crippen LogP contribution >= 0.6 is 11.3 Å². The summed E-state index contributed by atoms with van der Waals surface area (Å²) in [4.78, 5) is 27.0. The predicted octanol–water partition coefficient (Wildman–Crippen LogP) is 4.66. The number of hydrogen-bond acceptors (Lipinski definition) is 7. The standard InChI is InChI=1S/C22H17NO5S/c1-26-20(25)10-15-4-2-3-5-19(15)28-12-14-8-16-6-7-27-21(16)18(9-14)22-23-17(11-24)13-29-22/h2-9,11,13H,10,12H2,1H3. The van der Waals surface area contributed by atoms with Crippen molar-refractivity contribution >= 4 is 34.6 Å². The lowest BCUT2D eigenvalue weighted by molar-refractivity contribution is -0.139. The number of hydrogen-bond donors (Lipinski definition) is 0. The molecule has 0 bridgehead atoms. The summed E-state index contributed by atoms with van der Waals surface area (Å²) in [5.41, 5.74) is 3.60. The number of aldehydes is 1. The van der Waals surface area contributed by atoms with Crippen LogP contribution in [0, 0.1) is 0 Å². The molecule has 0 fully saturated rings. The Bertz CT molecular complexity index is 1180. The Morgan fingerprint density at radius 2 is 2.10 bits per heavy atom. The monoisotopic (exact) mass is 407 g/mol. The van der Waals surface area contributed by atoms with Crippen LogP contribution in [-0.2, 0) is 22.6 Å². The van der Waals surface area contributed by atoms with Crippen molar-refractivity contribution in [1.82, 2.24) is 4.98 Å². The first kappa shape index (κ1) is 18.9. The molecule has 0 aliphatic heterocycles. The van der Waals surface area contributed by atoms with Gasteiger partial charge in [0.25, 0.3) is 0 Å². The number of nitrogens with zero attached hydrogens (tertiary/aromatic N) is 1. The van der Waals surface area contributed by atoms with Crippen LogP contribution in [0.15, 0.2) is 58.5 Å². The average Bonchev–Trinajstić information content (AvgIpc) is 3.41. The Balaban J connectivity index is 1.63. The van der Waals surface area contributed by atoms with Gasteiger partial charge in [0.1, 0.15) is 28.6 Å². The lowest BCUT2D eigenvalue weighted by Crippen LogP contribution is -2.06. The summed E-state index contributed by atoms with van der Waals surface area (Å²) < 4.78 is 16.4. The van der Waals surface area contributed by atoms with Gasteiger partial charge in [-0.1, -0.05) is 18.2 Å². The molecule has 0 spiro atoms. The van der Waals surface area contributed by atoms with Crippen LogP contribution in [0.3, 0.4) is 0 Å². The molecule has 2 aromatic heterocycles. The third-order valence-corrected chi connectivity index (χ3v) is 5.31. The lowest BCUT2D eigenvalue weighted by atomic mass is 10.1. The zero-order chi connectivity index (χ0) is 20.2. The number of rotatable bonds is 7. The molecule has 0 saturated heterocycles. The van der Waals surface area contributed by atoms with Gasteiger partial charge in [-0.3, -0.25) is 9.59 Å². The van der Waals surface area contributed by atoms with Crippen LogP contribution in [0.1, 0.15) is 21.6 Å². The number of furan rings is 1. The molecule has 7 heteroatoms.